The lowest BCUT2D eigenvalue weighted by atomic mass is 10.0. The second-order valence-electron chi connectivity index (χ2n) is 4.10. The Kier molecular flexibility index (Phi) is 7.18. The van der Waals surface area contributed by atoms with Gasteiger partial charge < -0.3 is 15.6 Å². The number of aromatic hydroxyl groups is 1. The highest BCUT2D eigenvalue weighted by Crippen LogP contribution is 2.38. The molecule has 0 amide bonds. The van der Waals surface area contributed by atoms with Crippen molar-refractivity contribution in [2.45, 2.75) is 32.2 Å². The average Bonchev–Trinajstić information content (AvgIpc) is 2.35. The second kappa shape index (κ2) is 7.81. The summed E-state index contributed by atoms with van der Waals surface area (Å²) in [4.78, 5) is 10.2. The Hall–Kier alpha value is -1.53. The van der Waals surface area contributed by atoms with Crippen LogP contribution < -0.4 is 10.5 Å². The molecule has 7 heteroatoms. The van der Waals surface area contributed by atoms with Crippen LogP contribution in [0.15, 0.2) is 12.1 Å². The molecule has 0 aliphatic carbocycles. The van der Waals surface area contributed by atoms with Crippen molar-refractivity contribution >= 4 is 18.1 Å². The lowest BCUT2D eigenvalue weighted by Crippen LogP contribution is -2.10. The van der Waals surface area contributed by atoms with Crippen LogP contribution >= 0.6 is 12.4 Å². The fraction of sp³-hybridized carbons (Fsp3) is 0.500. The van der Waals surface area contributed by atoms with E-state index in [9.17, 15) is 15.2 Å². The normalized spacial score (nSPS) is 11.5. The molecule has 1 atom stereocenters. The van der Waals surface area contributed by atoms with Gasteiger partial charge in [-0.1, -0.05) is 19.8 Å². The first kappa shape index (κ1) is 17.5. The Morgan fingerprint density at radius 2 is 2.16 bits per heavy atom. The third-order valence-corrected chi connectivity index (χ3v) is 2.79. The van der Waals surface area contributed by atoms with Gasteiger partial charge in [-0.05, 0) is 18.1 Å². The largest absolute Gasteiger partial charge is 0.500 e. The van der Waals surface area contributed by atoms with E-state index in [4.69, 9.17) is 10.5 Å². The molecule has 0 saturated carbocycles. The lowest BCUT2D eigenvalue weighted by Gasteiger charge is -2.13. The summed E-state index contributed by atoms with van der Waals surface area (Å²) in [6.45, 7) is 2.05. The maximum absolute atomic E-state index is 10.8. The van der Waals surface area contributed by atoms with Gasteiger partial charge in [-0.3, -0.25) is 10.1 Å². The summed E-state index contributed by atoms with van der Waals surface area (Å²) >= 11 is 0. The van der Waals surface area contributed by atoms with Gasteiger partial charge in [-0.25, -0.2) is 0 Å². The molecule has 0 unspecified atom stereocenters. The van der Waals surface area contributed by atoms with Gasteiger partial charge in [0.1, 0.15) is 0 Å². The number of nitrogens with two attached hydrogens (primary N) is 1. The van der Waals surface area contributed by atoms with Crippen LogP contribution in [0.2, 0.25) is 0 Å². The van der Waals surface area contributed by atoms with Crippen LogP contribution in [0.5, 0.6) is 11.5 Å². The number of unbranched alkanes of at least 4 members (excludes halogenated alkanes) is 1. The van der Waals surface area contributed by atoms with Crippen molar-refractivity contribution in [3.63, 3.8) is 0 Å². The summed E-state index contributed by atoms with van der Waals surface area (Å²) in [5.41, 5.74) is 6.19. The molecule has 1 aromatic rings. The fourth-order valence-electron chi connectivity index (χ4n) is 1.71. The molecule has 0 saturated heterocycles. The maximum Gasteiger partial charge on any atom is 0.314 e. The van der Waals surface area contributed by atoms with Crippen LogP contribution in [0.25, 0.3) is 0 Å². The number of phenolic OH excluding ortho intramolecular Hbond substituents is 1. The van der Waals surface area contributed by atoms with Crippen LogP contribution in [0.3, 0.4) is 0 Å². The fourth-order valence-corrected chi connectivity index (χ4v) is 1.71. The van der Waals surface area contributed by atoms with E-state index in [-0.39, 0.29) is 29.9 Å². The Morgan fingerprint density at radius 1 is 1.53 bits per heavy atom. The topological polar surface area (TPSA) is 98.6 Å². The molecule has 19 heavy (non-hydrogen) atoms. The first-order chi connectivity index (χ1) is 8.51. The van der Waals surface area contributed by atoms with Gasteiger partial charge in [0.05, 0.1) is 12.0 Å². The molecular formula is C12H19ClN2O4. The first-order valence-corrected chi connectivity index (χ1v) is 5.82. The van der Waals surface area contributed by atoms with Crippen molar-refractivity contribution in [2.75, 3.05) is 7.11 Å². The summed E-state index contributed by atoms with van der Waals surface area (Å²) in [6, 6.07) is 2.55. The quantitative estimate of drug-likeness (QED) is 0.620. The van der Waals surface area contributed by atoms with Gasteiger partial charge in [-0.15, -0.1) is 12.4 Å². The number of methoxy groups -OCH3 is 1. The third kappa shape index (κ3) is 4.25. The van der Waals surface area contributed by atoms with E-state index < -0.39 is 10.7 Å². The van der Waals surface area contributed by atoms with Crippen molar-refractivity contribution in [1.29, 1.82) is 0 Å². The number of halogens is 1. The average molecular weight is 291 g/mol. The summed E-state index contributed by atoms with van der Waals surface area (Å²) in [5.74, 6) is -0.389. The van der Waals surface area contributed by atoms with E-state index >= 15 is 0 Å². The number of nitro benzene ring substituents is 1. The van der Waals surface area contributed by atoms with Crippen molar-refractivity contribution in [1.82, 2.24) is 0 Å². The zero-order valence-electron chi connectivity index (χ0n) is 11.0. The lowest BCUT2D eigenvalue weighted by molar-refractivity contribution is -0.386. The number of rotatable bonds is 6. The molecule has 108 valence electrons. The number of hydrogen-bond donors (Lipinski definition) is 2. The molecule has 0 heterocycles. The van der Waals surface area contributed by atoms with Crippen LogP contribution in [0.1, 0.15) is 37.8 Å². The molecular weight excluding hydrogens is 272 g/mol. The van der Waals surface area contributed by atoms with Crippen LogP contribution in [-0.2, 0) is 0 Å². The summed E-state index contributed by atoms with van der Waals surface area (Å²) in [7, 11) is 1.35. The van der Waals surface area contributed by atoms with Gasteiger partial charge in [0.15, 0.2) is 5.75 Å². The van der Waals surface area contributed by atoms with Crippen LogP contribution in [0, 0.1) is 10.1 Å². The highest BCUT2D eigenvalue weighted by Gasteiger charge is 2.21. The molecule has 0 radical (unpaired) electrons. The summed E-state index contributed by atoms with van der Waals surface area (Å²) in [6.07, 6.45) is 2.69. The summed E-state index contributed by atoms with van der Waals surface area (Å²) in [5, 5.41) is 20.5. The van der Waals surface area contributed by atoms with Crippen LogP contribution in [0.4, 0.5) is 5.69 Å². The number of ether oxygens (including phenoxy) is 1. The third-order valence-electron chi connectivity index (χ3n) is 2.79. The van der Waals surface area contributed by atoms with Crippen molar-refractivity contribution in [3.8, 4) is 11.5 Å². The predicted molar refractivity (Wildman–Crippen MR) is 75.0 cm³/mol. The van der Waals surface area contributed by atoms with E-state index in [1.54, 1.807) is 6.07 Å². The number of nitrogens with zero attached hydrogens (tertiary/aromatic N) is 1. The first-order valence-electron chi connectivity index (χ1n) is 5.82. The van der Waals surface area contributed by atoms with Gasteiger partial charge >= 0.3 is 5.69 Å². The van der Waals surface area contributed by atoms with Gasteiger partial charge in [0.25, 0.3) is 0 Å². The number of benzene rings is 1. The maximum atomic E-state index is 10.8. The molecule has 0 aliphatic rings. The SMILES string of the molecule is CCCC[C@@H](N)c1cc(OC)c(O)c([N+](=O)[O-])c1.Cl. The van der Waals surface area contributed by atoms with Crippen molar-refractivity contribution in [3.05, 3.63) is 27.8 Å². The Labute approximate surface area is 118 Å². The Bertz CT molecular complexity index is 440. The van der Waals surface area contributed by atoms with Crippen molar-refractivity contribution < 1.29 is 14.8 Å². The molecule has 0 fully saturated rings. The second-order valence-corrected chi connectivity index (χ2v) is 4.10. The molecule has 1 aromatic carbocycles. The highest BCUT2D eigenvalue weighted by molar-refractivity contribution is 5.85. The standard InChI is InChI=1S/C12H18N2O4.ClH/c1-3-4-5-9(13)8-6-10(14(16)17)12(15)11(7-8)18-2;/h6-7,9,15H,3-5,13H2,1-2H3;1H/t9-;/m1./s1. The van der Waals surface area contributed by atoms with Crippen molar-refractivity contribution in [2.24, 2.45) is 5.73 Å². The zero-order chi connectivity index (χ0) is 13.7. The summed E-state index contributed by atoms with van der Waals surface area (Å²) < 4.78 is 4.92. The highest BCUT2D eigenvalue weighted by atomic mass is 35.5. The number of phenols is 1. The Balaban J connectivity index is 0.00000324. The molecule has 0 spiro atoms. The molecule has 0 aliphatic heterocycles. The van der Waals surface area contributed by atoms with E-state index in [0.29, 0.717) is 5.56 Å². The molecule has 0 bridgehead atoms. The molecule has 6 nitrogen and oxygen atoms in total. The Morgan fingerprint density at radius 3 is 2.63 bits per heavy atom. The zero-order valence-corrected chi connectivity index (χ0v) is 11.8. The van der Waals surface area contributed by atoms with Gasteiger partial charge in [0, 0.05) is 12.1 Å². The van der Waals surface area contributed by atoms with Crippen LogP contribution in [-0.4, -0.2) is 17.1 Å². The number of nitro groups is 1. The molecule has 1 rings (SSSR count). The minimum absolute atomic E-state index is 0. The minimum Gasteiger partial charge on any atom is -0.500 e. The van der Waals surface area contributed by atoms with E-state index in [1.807, 2.05) is 6.92 Å². The van der Waals surface area contributed by atoms with E-state index in [0.717, 1.165) is 19.3 Å². The van der Waals surface area contributed by atoms with E-state index in [1.165, 1.54) is 13.2 Å². The molecule has 3 N–H and O–H groups in total. The smallest absolute Gasteiger partial charge is 0.314 e. The molecule has 0 aromatic heterocycles. The van der Waals surface area contributed by atoms with Gasteiger partial charge in [-0.2, -0.15) is 0 Å². The van der Waals surface area contributed by atoms with E-state index in [2.05, 4.69) is 0 Å². The minimum atomic E-state index is -0.645. The predicted octanol–water partition coefficient (Wildman–Crippen LogP) is 2.92. The monoisotopic (exact) mass is 290 g/mol. The van der Waals surface area contributed by atoms with Gasteiger partial charge in [0.2, 0.25) is 5.75 Å². The number of hydrogen-bond acceptors (Lipinski definition) is 5.